The molecule has 1 aliphatic rings. The first kappa shape index (κ1) is 11.4. The highest BCUT2D eigenvalue weighted by molar-refractivity contribution is 5.28. The summed E-state index contributed by atoms with van der Waals surface area (Å²) in [6.07, 6.45) is 5.97. The van der Waals surface area contributed by atoms with Crippen molar-refractivity contribution in [3.63, 3.8) is 0 Å². The van der Waals surface area contributed by atoms with Gasteiger partial charge >= 0.3 is 0 Å². The highest BCUT2D eigenvalue weighted by Gasteiger charge is 2.19. The van der Waals surface area contributed by atoms with Gasteiger partial charge in [0.05, 0.1) is 17.6 Å². The summed E-state index contributed by atoms with van der Waals surface area (Å²) in [4.78, 5) is 1.68. The first-order chi connectivity index (χ1) is 8.92. The van der Waals surface area contributed by atoms with Crippen LogP contribution in [0.1, 0.15) is 25.0 Å². The molecule has 0 bridgehead atoms. The molecule has 1 aromatic heterocycles. The van der Waals surface area contributed by atoms with Crippen LogP contribution in [0.15, 0.2) is 36.5 Å². The van der Waals surface area contributed by atoms with Gasteiger partial charge in [0.1, 0.15) is 0 Å². The first-order valence-corrected chi connectivity index (χ1v) is 6.59. The Morgan fingerprint density at radius 3 is 2.83 bits per heavy atom. The highest BCUT2D eigenvalue weighted by atomic mass is 15.5. The van der Waals surface area contributed by atoms with Crippen LogP contribution in [0.5, 0.6) is 0 Å². The third-order valence-electron chi connectivity index (χ3n) is 3.26. The monoisotopic (exact) mass is 242 g/mol. The summed E-state index contributed by atoms with van der Waals surface area (Å²) >= 11 is 0. The van der Waals surface area contributed by atoms with E-state index in [-0.39, 0.29) is 0 Å². The van der Waals surface area contributed by atoms with Crippen molar-refractivity contribution in [1.82, 2.24) is 20.3 Å². The molecule has 0 aliphatic heterocycles. The molecule has 0 spiro atoms. The van der Waals surface area contributed by atoms with Crippen molar-refractivity contribution in [3.8, 4) is 5.69 Å². The lowest BCUT2D eigenvalue weighted by molar-refractivity contribution is 0.602. The zero-order valence-electron chi connectivity index (χ0n) is 10.4. The summed E-state index contributed by atoms with van der Waals surface area (Å²) in [6.45, 7) is 1.89. The Hall–Kier alpha value is -1.68. The lowest BCUT2D eigenvalue weighted by atomic mass is 10.3. The maximum atomic E-state index is 4.46. The molecule has 94 valence electrons. The van der Waals surface area contributed by atoms with Gasteiger partial charge in [-0.05, 0) is 31.0 Å². The highest BCUT2D eigenvalue weighted by Crippen LogP contribution is 2.31. The van der Waals surface area contributed by atoms with E-state index in [2.05, 4.69) is 15.5 Å². The molecular formula is C14H18N4. The van der Waals surface area contributed by atoms with Gasteiger partial charge in [-0.15, -0.1) is 0 Å². The fraction of sp³-hybridized carbons (Fsp3) is 0.429. The summed E-state index contributed by atoms with van der Waals surface area (Å²) in [5.41, 5.74) is 2.00. The van der Waals surface area contributed by atoms with E-state index in [4.69, 9.17) is 0 Å². The van der Waals surface area contributed by atoms with E-state index in [1.807, 2.05) is 36.5 Å². The lowest BCUT2D eigenvalue weighted by Crippen LogP contribution is -2.15. The van der Waals surface area contributed by atoms with Gasteiger partial charge in [-0.25, -0.2) is 0 Å². The van der Waals surface area contributed by atoms with Crippen LogP contribution in [0.2, 0.25) is 0 Å². The molecule has 18 heavy (non-hydrogen) atoms. The van der Waals surface area contributed by atoms with Gasteiger partial charge in [0.2, 0.25) is 0 Å². The van der Waals surface area contributed by atoms with E-state index in [0.29, 0.717) is 0 Å². The Labute approximate surface area is 107 Å². The molecular weight excluding hydrogens is 224 g/mol. The second-order valence-corrected chi connectivity index (χ2v) is 4.87. The van der Waals surface area contributed by atoms with E-state index in [0.717, 1.165) is 30.4 Å². The molecule has 1 heterocycles. The van der Waals surface area contributed by atoms with Gasteiger partial charge in [0, 0.05) is 6.54 Å². The number of hydrogen-bond donors (Lipinski definition) is 1. The Bertz CT molecular complexity index is 488. The van der Waals surface area contributed by atoms with Crippen LogP contribution >= 0.6 is 0 Å². The summed E-state index contributed by atoms with van der Waals surface area (Å²) in [5.74, 6) is 0.984. The molecule has 0 unspecified atom stereocenters. The van der Waals surface area contributed by atoms with Crippen molar-refractivity contribution in [2.24, 2.45) is 5.92 Å². The van der Waals surface area contributed by atoms with Gasteiger partial charge in [0.15, 0.2) is 0 Å². The Morgan fingerprint density at radius 2 is 2.06 bits per heavy atom. The van der Waals surface area contributed by atoms with E-state index >= 15 is 0 Å². The van der Waals surface area contributed by atoms with Gasteiger partial charge in [-0.2, -0.15) is 15.0 Å². The quantitative estimate of drug-likeness (QED) is 0.789. The van der Waals surface area contributed by atoms with Crippen LogP contribution in [0, 0.1) is 5.92 Å². The van der Waals surface area contributed by atoms with Crippen molar-refractivity contribution >= 4 is 0 Å². The smallest absolute Gasteiger partial charge is 0.0969 e. The second-order valence-electron chi connectivity index (χ2n) is 4.87. The number of para-hydroxylation sites is 1. The van der Waals surface area contributed by atoms with Gasteiger partial charge in [0.25, 0.3) is 0 Å². The summed E-state index contributed by atoms with van der Waals surface area (Å²) < 4.78 is 0. The number of rotatable bonds is 6. The molecule has 0 saturated heterocycles. The average Bonchev–Trinajstić information content (AvgIpc) is 3.12. The number of hydrogen-bond acceptors (Lipinski definition) is 3. The predicted molar refractivity (Wildman–Crippen MR) is 70.4 cm³/mol. The summed E-state index contributed by atoms with van der Waals surface area (Å²) in [5, 5.41) is 12.2. The summed E-state index contributed by atoms with van der Waals surface area (Å²) in [7, 11) is 0. The standard InChI is InChI=1S/C14H18N4/c1-2-4-14(5-3-1)18-16-11-13(17-18)10-15-9-8-12-6-7-12/h1-5,11-12,15H,6-10H2. The molecule has 4 heteroatoms. The largest absolute Gasteiger partial charge is 0.311 e. The predicted octanol–water partition coefficient (Wildman–Crippen LogP) is 2.16. The van der Waals surface area contributed by atoms with Crippen molar-refractivity contribution in [1.29, 1.82) is 0 Å². The first-order valence-electron chi connectivity index (χ1n) is 6.59. The number of nitrogens with one attached hydrogen (secondary N) is 1. The molecule has 1 saturated carbocycles. The van der Waals surface area contributed by atoms with Gasteiger partial charge < -0.3 is 5.32 Å². The maximum absolute atomic E-state index is 4.46. The van der Waals surface area contributed by atoms with Gasteiger partial charge in [-0.1, -0.05) is 31.0 Å². The van der Waals surface area contributed by atoms with Crippen molar-refractivity contribution in [2.75, 3.05) is 6.54 Å². The van der Waals surface area contributed by atoms with E-state index in [1.54, 1.807) is 4.80 Å². The normalized spacial score (nSPS) is 14.9. The lowest BCUT2D eigenvalue weighted by Gasteiger charge is -2.00. The minimum absolute atomic E-state index is 0.805. The Kier molecular flexibility index (Phi) is 3.37. The minimum Gasteiger partial charge on any atom is -0.311 e. The molecule has 1 aromatic carbocycles. The molecule has 0 amide bonds. The fourth-order valence-corrected chi connectivity index (χ4v) is 1.99. The molecule has 1 aliphatic carbocycles. The molecule has 0 radical (unpaired) electrons. The fourth-order valence-electron chi connectivity index (χ4n) is 1.99. The van der Waals surface area contributed by atoms with Crippen molar-refractivity contribution in [2.45, 2.75) is 25.8 Å². The van der Waals surface area contributed by atoms with Crippen LogP contribution < -0.4 is 5.32 Å². The maximum Gasteiger partial charge on any atom is 0.0969 e. The van der Waals surface area contributed by atoms with Crippen LogP contribution in [0.4, 0.5) is 0 Å². The molecule has 2 aromatic rings. The number of benzene rings is 1. The van der Waals surface area contributed by atoms with Crippen LogP contribution in [0.3, 0.4) is 0 Å². The molecule has 4 nitrogen and oxygen atoms in total. The molecule has 1 N–H and O–H groups in total. The van der Waals surface area contributed by atoms with E-state index in [1.165, 1.54) is 19.3 Å². The van der Waals surface area contributed by atoms with Crippen LogP contribution in [0.25, 0.3) is 5.69 Å². The SMILES string of the molecule is c1ccc(-n2ncc(CNCCC3CC3)n2)cc1. The third-order valence-corrected chi connectivity index (χ3v) is 3.26. The van der Waals surface area contributed by atoms with Crippen LogP contribution in [-0.2, 0) is 6.54 Å². The molecule has 0 atom stereocenters. The van der Waals surface area contributed by atoms with Gasteiger partial charge in [-0.3, -0.25) is 0 Å². The topological polar surface area (TPSA) is 42.7 Å². The zero-order chi connectivity index (χ0) is 12.2. The Morgan fingerprint density at radius 1 is 1.22 bits per heavy atom. The van der Waals surface area contributed by atoms with Crippen molar-refractivity contribution in [3.05, 3.63) is 42.2 Å². The van der Waals surface area contributed by atoms with Crippen molar-refractivity contribution < 1.29 is 0 Å². The second kappa shape index (κ2) is 5.31. The molecule has 3 rings (SSSR count). The number of aromatic nitrogens is 3. The van der Waals surface area contributed by atoms with Crippen LogP contribution in [-0.4, -0.2) is 21.5 Å². The zero-order valence-corrected chi connectivity index (χ0v) is 10.4. The van der Waals surface area contributed by atoms with E-state index in [9.17, 15) is 0 Å². The summed E-state index contributed by atoms with van der Waals surface area (Å²) in [6, 6.07) is 9.99. The number of nitrogens with zero attached hydrogens (tertiary/aromatic N) is 3. The third kappa shape index (κ3) is 2.96. The Balaban J connectivity index is 1.52. The molecule has 1 fully saturated rings. The average molecular weight is 242 g/mol. The van der Waals surface area contributed by atoms with E-state index < -0.39 is 0 Å². The minimum atomic E-state index is 0.805.